The monoisotopic (exact) mass is 198 g/mol. The Morgan fingerprint density at radius 3 is 0.429 bits per heavy atom. The summed E-state index contributed by atoms with van der Waals surface area (Å²) in [4.78, 5) is 0. The maximum Gasteiger partial charge on any atom is 3.00 e. The molecule has 0 radical (unpaired) electrons. The van der Waals surface area contributed by atoms with E-state index in [2.05, 4.69) is 0 Å². The molecule has 7 heavy (non-hydrogen) atoms. The van der Waals surface area contributed by atoms with Gasteiger partial charge in [-0.2, -0.15) is 0 Å². The minimum atomic E-state index is 0. The minimum absolute atomic E-state index is 0. The van der Waals surface area contributed by atoms with E-state index in [9.17, 15) is 0 Å². The van der Waals surface area contributed by atoms with Crippen LogP contribution in [0.25, 0.3) is 0 Å². The SMILES string of the molecule is [Mg+2].[OH-].[OH-].[OH-].[OH-].[OH-].[Y+3]. The first kappa shape index (κ1) is 183. The van der Waals surface area contributed by atoms with Crippen molar-refractivity contribution in [3.8, 4) is 0 Å². The molecule has 0 aromatic rings. The van der Waals surface area contributed by atoms with Gasteiger partial charge in [-0.05, 0) is 0 Å². The van der Waals surface area contributed by atoms with Gasteiger partial charge < -0.3 is 27.4 Å². The Kier molecular flexibility index (Phi) is 3200. The van der Waals surface area contributed by atoms with Crippen LogP contribution >= 0.6 is 0 Å². The molecule has 0 spiro atoms. The molecule has 7 heteroatoms. The van der Waals surface area contributed by atoms with Crippen molar-refractivity contribution in [2.75, 3.05) is 0 Å². The zero-order chi connectivity index (χ0) is 0. The number of rotatable bonds is 0. The molecule has 0 heterocycles. The second-order valence-electron chi connectivity index (χ2n) is 0. The van der Waals surface area contributed by atoms with Crippen LogP contribution in [0.2, 0.25) is 0 Å². The number of hydrogen-bond donors (Lipinski definition) is 0. The molecule has 0 aromatic carbocycles. The van der Waals surface area contributed by atoms with Gasteiger partial charge in [0, 0.05) is 0 Å². The fraction of sp³-hybridized carbons (Fsp3) is 0. The van der Waals surface area contributed by atoms with Crippen molar-refractivity contribution >= 4 is 23.1 Å². The van der Waals surface area contributed by atoms with Gasteiger partial charge in [0.2, 0.25) is 0 Å². The molecule has 0 saturated carbocycles. The molecule has 5 nitrogen and oxygen atoms in total. The summed E-state index contributed by atoms with van der Waals surface area (Å²) < 4.78 is 0. The van der Waals surface area contributed by atoms with Crippen molar-refractivity contribution in [2.45, 2.75) is 0 Å². The molecule has 0 saturated heterocycles. The molecule has 0 atom stereocenters. The van der Waals surface area contributed by atoms with Crippen molar-refractivity contribution in [3.05, 3.63) is 0 Å². The first-order valence-corrected chi connectivity index (χ1v) is 0. The van der Waals surface area contributed by atoms with Crippen molar-refractivity contribution in [1.82, 2.24) is 0 Å². The van der Waals surface area contributed by atoms with Gasteiger partial charge in [-0.25, -0.2) is 0 Å². The van der Waals surface area contributed by atoms with Gasteiger partial charge in [-0.1, -0.05) is 0 Å². The molecule has 5 N–H and O–H groups in total. The normalized spacial score (nSPS) is 0. The largest absolute Gasteiger partial charge is 3.00 e. The molecular weight excluding hydrogens is 193 g/mol. The van der Waals surface area contributed by atoms with Crippen LogP contribution in [-0.2, 0) is 32.7 Å². The van der Waals surface area contributed by atoms with Crippen molar-refractivity contribution in [1.29, 1.82) is 0 Å². The van der Waals surface area contributed by atoms with Gasteiger partial charge in [0.15, 0.2) is 0 Å². The summed E-state index contributed by atoms with van der Waals surface area (Å²) in [5.74, 6) is 0. The van der Waals surface area contributed by atoms with Gasteiger partial charge in [-0.3, -0.25) is 0 Å². The Hall–Kier alpha value is 1.67. The molecule has 40 valence electrons. The maximum absolute atomic E-state index is 0. The van der Waals surface area contributed by atoms with Gasteiger partial charge in [0.05, 0.1) is 0 Å². The average molecular weight is 198 g/mol. The van der Waals surface area contributed by atoms with E-state index in [1.54, 1.807) is 0 Å². The summed E-state index contributed by atoms with van der Waals surface area (Å²) in [7, 11) is 0. The fourth-order valence-corrected chi connectivity index (χ4v) is 0. The summed E-state index contributed by atoms with van der Waals surface area (Å²) in [6.45, 7) is 0. The van der Waals surface area contributed by atoms with E-state index in [-0.39, 0.29) is 83.1 Å². The van der Waals surface area contributed by atoms with E-state index in [1.807, 2.05) is 0 Å². The predicted molar refractivity (Wildman–Crippen MR) is 15.4 cm³/mol. The molecule has 0 bridgehead atoms. The molecule has 0 aromatic heterocycles. The zero-order valence-electron chi connectivity index (χ0n) is 3.52. The summed E-state index contributed by atoms with van der Waals surface area (Å²) in [6, 6.07) is 0. The Labute approximate surface area is 82.4 Å². The van der Waals surface area contributed by atoms with Gasteiger partial charge in [0.1, 0.15) is 0 Å². The summed E-state index contributed by atoms with van der Waals surface area (Å²) in [6.07, 6.45) is 0. The third-order valence-electron chi connectivity index (χ3n) is 0. The summed E-state index contributed by atoms with van der Waals surface area (Å²) >= 11 is 0. The molecular formula is H5MgO5Y. The van der Waals surface area contributed by atoms with Gasteiger partial charge in [0.25, 0.3) is 0 Å². The van der Waals surface area contributed by atoms with Crippen LogP contribution in [0.3, 0.4) is 0 Å². The van der Waals surface area contributed by atoms with Crippen LogP contribution in [0, 0.1) is 0 Å². The topological polar surface area (TPSA) is 150 Å². The Morgan fingerprint density at radius 1 is 0.429 bits per heavy atom. The quantitative estimate of drug-likeness (QED) is 0.444. The Bertz CT molecular complexity index is 8.04. The van der Waals surface area contributed by atoms with Crippen LogP contribution in [0.1, 0.15) is 0 Å². The molecule has 0 amide bonds. The molecule has 0 fully saturated rings. The molecule has 0 rings (SSSR count). The van der Waals surface area contributed by atoms with Crippen LogP contribution < -0.4 is 0 Å². The second kappa shape index (κ2) is 122. The van der Waals surface area contributed by atoms with E-state index in [1.165, 1.54) is 0 Å². The summed E-state index contributed by atoms with van der Waals surface area (Å²) in [5, 5.41) is 0. The predicted octanol–water partition coefficient (Wildman–Crippen LogP) is -1.27. The van der Waals surface area contributed by atoms with E-state index in [0.29, 0.717) is 0 Å². The second-order valence-corrected chi connectivity index (χ2v) is 0. The minimum Gasteiger partial charge on any atom is -0.870 e. The Morgan fingerprint density at radius 2 is 0.429 bits per heavy atom. The molecule has 0 aliphatic carbocycles. The summed E-state index contributed by atoms with van der Waals surface area (Å²) in [5.41, 5.74) is 0. The van der Waals surface area contributed by atoms with Crippen LogP contribution in [0.15, 0.2) is 0 Å². The van der Waals surface area contributed by atoms with E-state index in [0.717, 1.165) is 0 Å². The smallest absolute Gasteiger partial charge is 0.870 e. The number of hydrogen-bond acceptors (Lipinski definition) is 5. The van der Waals surface area contributed by atoms with E-state index in [4.69, 9.17) is 0 Å². The van der Waals surface area contributed by atoms with E-state index >= 15 is 0 Å². The van der Waals surface area contributed by atoms with Crippen molar-refractivity contribution in [2.24, 2.45) is 0 Å². The van der Waals surface area contributed by atoms with Crippen LogP contribution in [-0.4, -0.2) is 50.4 Å². The van der Waals surface area contributed by atoms with Gasteiger partial charge in [-0.15, -0.1) is 0 Å². The van der Waals surface area contributed by atoms with Crippen molar-refractivity contribution in [3.63, 3.8) is 0 Å². The van der Waals surface area contributed by atoms with Crippen molar-refractivity contribution < 1.29 is 60.1 Å². The molecule has 0 unspecified atom stereocenters. The fourth-order valence-electron chi connectivity index (χ4n) is 0. The van der Waals surface area contributed by atoms with Gasteiger partial charge >= 0.3 is 55.8 Å². The third-order valence-corrected chi connectivity index (χ3v) is 0. The first-order valence-electron chi connectivity index (χ1n) is 0. The van der Waals surface area contributed by atoms with E-state index < -0.39 is 0 Å². The third kappa shape index (κ3) is 88.4. The maximum atomic E-state index is 0. The average Bonchev–Trinajstić information content (AvgIpc) is 0. The standard InChI is InChI=1S/Mg.5H2O.Y/h;5*1H2;/q+2;;;;;;+3/p-5. The first-order chi connectivity index (χ1) is 0. The molecule has 0 aliphatic rings. The molecule has 0 aliphatic heterocycles. The zero-order valence-corrected chi connectivity index (χ0v) is 7.77. The van der Waals surface area contributed by atoms with Crippen LogP contribution in [0.4, 0.5) is 0 Å². The Balaban J connectivity index is 0. The van der Waals surface area contributed by atoms with Crippen LogP contribution in [0.5, 0.6) is 0 Å².